The highest BCUT2D eigenvalue weighted by molar-refractivity contribution is 5.22. The zero-order chi connectivity index (χ0) is 9.26. The highest BCUT2D eigenvalue weighted by atomic mass is 19.1. The third-order valence-corrected chi connectivity index (χ3v) is 1.62. The SMILES string of the molecule is Nc1ncc(F)c(OC2COC2)n1. The molecule has 13 heavy (non-hydrogen) atoms. The van der Waals surface area contributed by atoms with E-state index >= 15 is 0 Å². The van der Waals surface area contributed by atoms with Gasteiger partial charge in [-0.1, -0.05) is 0 Å². The summed E-state index contributed by atoms with van der Waals surface area (Å²) in [4.78, 5) is 7.08. The van der Waals surface area contributed by atoms with E-state index in [9.17, 15) is 4.39 Å². The number of ether oxygens (including phenoxy) is 2. The number of nitrogens with zero attached hydrogens (tertiary/aromatic N) is 2. The number of halogens is 1. The maximum atomic E-state index is 12.9. The summed E-state index contributed by atoms with van der Waals surface area (Å²) >= 11 is 0. The van der Waals surface area contributed by atoms with Crippen molar-refractivity contribution >= 4 is 5.95 Å². The molecule has 1 aromatic rings. The van der Waals surface area contributed by atoms with E-state index in [4.69, 9.17) is 15.2 Å². The Morgan fingerprint density at radius 2 is 2.38 bits per heavy atom. The number of rotatable bonds is 2. The molecular formula is C7H8FN3O2. The van der Waals surface area contributed by atoms with Crippen LogP contribution in [0.3, 0.4) is 0 Å². The summed E-state index contributed by atoms with van der Waals surface area (Å²) in [6.07, 6.45) is 0.862. The van der Waals surface area contributed by atoms with Gasteiger partial charge in [-0.3, -0.25) is 0 Å². The van der Waals surface area contributed by atoms with Crippen molar-refractivity contribution in [3.63, 3.8) is 0 Å². The topological polar surface area (TPSA) is 70.3 Å². The molecule has 1 saturated heterocycles. The summed E-state index contributed by atoms with van der Waals surface area (Å²) in [5.74, 6) is -0.724. The Morgan fingerprint density at radius 1 is 1.62 bits per heavy atom. The Labute approximate surface area is 73.7 Å². The molecule has 0 saturated carbocycles. The molecule has 5 nitrogen and oxygen atoms in total. The minimum atomic E-state index is -0.610. The van der Waals surface area contributed by atoms with Crippen molar-refractivity contribution in [3.8, 4) is 5.88 Å². The van der Waals surface area contributed by atoms with Gasteiger partial charge in [-0.25, -0.2) is 4.98 Å². The molecule has 0 atom stereocenters. The molecule has 1 aliphatic rings. The van der Waals surface area contributed by atoms with E-state index in [2.05, 4.69) is 9.97 Å². The first kappa shape index (κ1) is 8.18. The lowest BCUT2D eigenvalue weighted by atomic mass is 10.3. The quantitative estimate of drug-likeness (QED) is 0.700. The second-order valence-electron chi connectivity index (χ2n) is 2.66. The van der Waals surface area contributed by atoms with Gasteiger partial charge in [0.25, 0.3) is 5.88 Å². The predicted molar refractivity (Wildman–Crippen MR) is 41.6 cm³/mol. The van der Waals surface area contributed by atoms with E-state index in [1.54, 1.807) is 0 Å². The molecule has 2 N–H and O–H groups in total. The van der Waals surface area contributed by atoms with E-state index in [0.29, 0.717) is 13.2 Å². The van der Waals surface area contributed by atoms with E-state index in [1.807, 2.05) is 0 Å². The van der Waals surface area contributed by atoms with Gasteiger partial charge in [0.05, 0.1) is 19.4 Å². The smallest absolute Gasteiger partial charge is 0.255 e. The Balaban J connectivity index is 2.13. The van der Waals surface area contributed by atoms with Gasteiger partial charge in [0.1, 0.15) is 6.10 Å². The molecule has 0 aliphatic carbocycles. The molecule has 1 fully saturated rings. The third-order valence-electron chi connectivity index (χ3n) is 1.62. The minimum absolute atomic E-state index is 0.00311. The Morgan fingerprint density at radius 3 is 3.00 bits per heavy atom. The van der Waals surface area contributed by atoms with Crippen LogP contribution in [0.2, 0.25) is 0 Å². The van der Waals surface area contributed by atoms with Crippen LogP contribution >= 0.6 is 0 Å². The van der Waals surface area contributed by atoms with E-state index in [1.165, 1.54) is 0 Å². The third kappa shape index (κ3) is 1.67. The second-order valence-corrected chi connectivity index (χ2v) is 2.66. The largest absolute Gasteiger partial charge is 0.467 e. The summed E-state index contributed by atoms with van der Waals surface area (Å²) in [7, 11) is 0. The molecule has 0 bridgehead atoms. The maximum absolute atomic E-state index is 12.9. The van der Waals surface area contributed by atoms with Gasteiger partial charge in [-0.05, 0) is 0 Å². The lowest BCUT2D eigenvalue weighted by Gasteiger charge is -2.26. The predicted octanol–water partition coefficient (Wildman–Crippen LogP) is -0.0245. The minimum Gasteiger partial charge on any atom is -0.467 e. The molecule has 0 radical (unpaired) electrons. The van der Waals surface area contributed by atoms with Gasteiger partial charge in [0.15, 0.2) is 0 Å². The van der Waals surface area contributed by atoms with Gasteiger partial charge < -0.3 is 15.2 Å². The standard InChI is InChI=1S/C7H8FN3O2/c8-5-1-10-7(9)11-6(5)13-4-2-12-3-4/h1,4H,2-3H2,(H2,9,10,11). The molecule has 0 unspecified atom stereocenters. The highest BCUT2D eigenvalue weighted by Gasteiger charge is 2.22. The van der Waals surface area contributed by atoms with Crippen LogP contribution in [0.1, 0.15) is 0 Å². The monoisotopic (exact) mass is 185 g/mol. The van der Waals surface area contributed by atoms with Crippen LogP contribution in [0.4, 0.5) is 10.3 Å². The number of nitrogen functional groups attached to an aromatic ring is 1. The van der Waals surface area contributed by atoms with Crippen molar-refractivity contribution in [1.29, 1.82) is 0 Å². The molecule has 0 spiro atoms. The van der Waals surface area contributed by atoms with E-state index < -0.39 is 5.82 Å². The fourth-order valence-corrected chi connectivity index (χ4v) is 0.887. The zero-order valence-corrected chi connectivity index (χ0v) is 6.74. The van der Waals surface area contributed by atoms with Crippen LogP contribution in [0.25, 0.3) is 0 Å². The van der Waals surface area contributed by atoms with Gasteiger partial charge in [0.2, 0.25) is 11.8 Å². The summed E-state index contributed by atoms with van der Waals surface area (Å²) < 4.78 is 22.9. The molecular weight excluding hydrogens is 177 g/mol. The first-order valence-electron chi connectivity index (χ1n) is 3.78. The number of hydrogen-bond acceptors (Lipinski definition) is 5. The Kier molecular flexibility index (Phi) is 1.97. The molecule has 2 rings (SSSR count). The molecule has 70 valence electrons. The number of anilines is 1. The highest BCUT2D eigenvalue weighted by Crippen LogP contribution is 2.17. The molecule has 6 heteroatoms. The summed E-state index contributed by atoms with van der Waals surface area (Å²) in [6.45, 7) is 0.923. The average Bonchev–Trinajstić information content (AvgIpc) is 2.03. The van der Waals surface area contributed by atoms with Gasteiger partial charge in [-0.2, -0.15) is 9.37 Å². The Hall–Kier alpha value is -1.43. The van der Waals surface area contributed by atoms with Crippen LogP contribution < -0.4 is 10.5 Å². The molecule has 1 aromatic heterocycles. The van der Waals surface area contributed by atoms with Crippen LogP contribution in [0, 0.1) is 5.82 Å². The zero-order valence-electron chi connectivity index (χ0n) is 6.74. The number of aromatic nitrogens is 2. The maximum Gasteiger partial charge on any atom is 0.255 e. The fourth-order valence-electron chi connectivity index (χ4n) is 0.887. The fraction of sp³-hybridized carbons (Fsp3) is 0.429. The van der Waals surface area contributed by atoms with E-state index in [0.717, 1.165) is 6.20 Å². The number of nitrogens with two attached hydrogens (primary N) is 1. The molecule has 2 heterocycles. The first-order valence-corrected chi connectivity index (χ1v) is 3.78. The number of hydrogen-bond donors (Lipinski definition) is 1. The average molecular weight is 185 g/mol. The van der Waals surface area contributed by atoms with Gasteiger partial charge in [0, 0.05) is 0 Å². The van der Waals surface area contributed by atoms with Crippen LogP contribution in [0.15, 0.2) is 6.20 Å². The van der Waals surface area contributed by atoms with Crippen LogP contribution in [-0.4, -0.2) is 29.3 Å². The molecule has 0 amide bonds. The summed E-state index contributed by atoms with van der Waals surface area (Å²) in [6, 6.07) is 0. The van der Waals surface area contributed by atoms with Gasteiger partial charge >= 0.3 is 0 Å². The molecule has 1 aliphatic heterocycles. The normalized spacial score (nSPS) is 16.7. The van der Waals surface area contributed by atoms with Crippen LogP contribution in [-0.2, 0) is 4.74 Å². The van der Waals surface area contributed by atoms with Crippen molar-refractivity contribution < 1.29 is 13.9 Å². The lowest BCUT2D eigenvalue weighted by Crippen LogP contribution is -2.39. The first-order chi connectivity index (χ1) is 6.25. The van der Waals surface area contributed by atoms with Crippen molar-refractivity contribution in [2.75, 3.05) is 18.9 Å². The van der Waals surface area contributed by atoms with Crippen molar-refractivity contribution in [2.45, 2.75) is 6.10 Å². The summed E-state index contributed by atoms with van der Waals surface area (Å²) in [5, 5.41) is 0. The van der Waals surface area contributed by atoms with Crippen molar-refractivity contribution in [2.24, 2.45) is 0 Å². The second kappa shape index (κ2) is 3.14. The van der Waals surface area contributed by atoms with Crippen LogP contribution in [0.5, 0.6) is 5.88 Å². The summed E-state index contributed by atoms with van der Waals surface area (Å²) in [5.41, 5.74) is 5.26. The van der Waals surface area contributed by atoms with Gasteiger partial charge in [-0.15, -0.1) is 0 Å². The Bertz CT molecular complexity index is 317. The van der Waals surface area contributed by atoms with Crippen molar-refractivity contribution in [3.05, 3.63) is 12.0 Å². The van der Waals surface area contributed by atoms with Crippen molar-refractivity contribution in [1.82, 2.24) is 9.97 Å². The lowest BCUT2D eigenvalue weighted by molar-refractivity contribution is -0.0826. The van der Waals surface area contributed by atoms with E-state index in [-0.39, 0.29) is 17.9 Å². The molecule has 0 aromatic carbocycles.